The topological polar surface area (TPSA) is 71.9 Å². The van der Waals surface area contributed by atoms with Gasteiger partial charge in [0.05, 0.1) is 11.7 Å². The van der Waals surface area contributed by atoms with Gasteiger partial charge < -0.3 is 25.1 Å². The molecule has 0 bridgehead atoms. The van der Waals surface area contributed by atoms with Crippen LogP contribution in [-0.4, -0.2) is 83.2 Å². The third kappa shape index (κ3) is 6.08. The molecular formula is C27H35F4N5O2S. The number of anilines is 1. The monoisotopic (exact) mass is 569 g/mol. The van der Waals surface area contributed by atoms with Crippen LogP contribution in [0.2, 0.25) is 0 Å². The summed E-state index contributed by atoms with van der Waals surface area (Å²) >= 11 is 1.72. The highest BCUT2D eigenvalue weighted by Crippen LogP contribution is 2.66. The van der Waals surface area contributed by atoms with Crippen LogP contribution < -0.4 is 5.32 Å². The normalized spacial score (nSPS) is 26.7. The molecule has 0 unspecified atom stereocenters. The van der Waals surface area contributed by atoms with E-state index in [-0.39, 0.29) is 29.2 Å². The molecule has 2 amide bonds. The number of aromatic nitrogens is 1. The standard InChI is InChI=1S/C27H35F4N5O2S/c1-34(2)16-24-32-14-23(39-24)26-8-6-22(20(26)13-26)36(10-3-9-35-11-7-18(37)15-35)25(38)33-17-4-5-21(28)19(12-17)27(29,30)31/h4-5,12,14,18,20,22,37H,3,6-11,13,15-16H2,1-2H3,(H,33,38)/t18-,20+,22-,26-/m1/s1. The first-order valence-corrected chi connectivity index (χ1v) is 14.2. The average Bonchev–Trinajstić information content (AvgIpc) is 3.17. The van der Waals surface area contributed by atoms with Gasteiger partial charge in [0.2, 0.25) is 0 Å². The van der Waals surface area contributed by atoms with Gasteiger partial charge in [-0.05, 0) is 76.9 Å². The molecule has 4 atom stereocenters. The van der Waals surface area contributed by atoms with E-state index in [1.807, 2.05) is 20.3 Å². The van der Waals surface area contributed by atoms with Crippen molar-refractivity contribution >= 4 is 23.1 Å². The fourth-order valence-corrected chi connectivity index (χ4v) is 7.64. The average molecular weight is 570 g/mol. The summed E-state index contributed by atoms with van der Waals surface area (Å²) < 4.78 is 53.6. The number of carbonyl (C=O) groups excluding carboxylic acids is 1. The van der Waals surface area contributed by atoms with Crippen molar-refractivity contribution in [1.29, 1.82) is 0 Å². The van der Waals surface area contributed by atoms with Gasteiger partial charge in [0.25, 0.3) is 0 Å². The van der Waals surface area contributed by atoms with E-state index in [4.69, 9.17) is 0 Å². The molecule has 0 radical (unpaired) electrons. The van der Waals surface area contributed by atoms with E-state index < -0.39 is 23.6 Å². The number of rotatable bonds is 9. The Balaban J connectivity index is 1.31. The predicted octanol–water partition coefficient (Wildman–Crippen LogP) is 4.77. The molecule has 2 aliphatic carbocycles. The molecule has 0 spiro atoms. The number of thiazole rings is 1. The molecule has 2 N–H and O–H groups in total. The Morgan fingerprint density at radius 1 is 1.31 bits per heavy atom. The fourth-order valence-electron chi connectivity index (χ4n) is 6.31. The van der Waals surface area contributed by atoms with E-state index in [0.717, 1.165) is 62.5 Å². The Labute approximate surface area is 229 Å². The number of aliphatic hydroxyl groups is 1. The van der Waals surface area contributed by atoms with Crippen LogP contribution in [0.15, 0.2) is 24.4 Å². The largest absolute Gasteiger partial charge is 0.419 e. The molecule has 1 aromatic heterocycles. The lowest BCUT2D eigenvalue weighted by atomic mass is 10.0. The molecule has 5 rings (SSSR count). The molecule has 39 heavy (non-hydrogen) atoms. The molecule has 7 nitrogen and oxygen atoms in total. The lowest BCUT2D eigenvalue weighted by Gasteiger charge is -2.31. The van der Waals surface area contributed by atoms with Gasteiger partial charge in [-0.2, -0.15) is 13.2 Å². The Bertz CT molecular complexity index is 1190. The van der Waals surface area contributed by atoms with Crippen LogP contribution in [0, 0.1) is 11.7 Å². The smallest absolute Gasteiger partial charge is 0.392 e. The summed E-state index contributed by atoms with van der Waals surface area (Å²) in [6, 6.07) is 2.03. The van der Waals surface area contributed by atoms with Gasteiger partial charge in [0, 0.05) is 54.4 Å². The number of carbonyl (C=O) groups is 1. The number of amides is 2. The predicted molar refractivity (Wildman–Crippen MR) is 141 cm³/mol. The van der Waals surface area contributed by atoms with Gasteiger partial charge >= 0.3 is 12.2 Å². The highest BCUT2D eigenvalue weighted by atomic mass is 32.1. The maximum Gasteiger partial charge on any atom is 0.419 e. The van der Waals surface area contributed by atoms with Gasteiger partial charge in [0.15, 0.2) is 0 Å². The highest BCUT2D eigenvalue weighted by molar-refractivity contribution is 7.11. The minimum absolute atomic E-state index is 0.00379. The van der Waals surface area contributed by atoms with Gasteiger partial charge in [0.1, 0.15) is 10.8 Å². The zero-order valence-electron chi connectivity index (χ0n) is 22.2. The summed E-state index contributed by atoms with van der Waals surface area (Å²) in [7, 11) is 4.01. The molecule has 1 saturated heterocycles. The number of halogens is 4. The number of alkyl halides is 3. The lowest BCUT2D eigenvalue weighted by molar-refractivity contribution is -0.139. The Morgan fingerprint density at radius 3 is 2.77 bits per heavy atom. The van der Waals surface area contributed by atoms with E-state index in [2.05, 4.69) is 20.1 Å². The molecule has 1 aromatic carbocycles. The van der Waals surface area contributed by atoms with Crippen molar-refractivity contribution in [2.45, 2.75) is 62.4 Å². The van der Waals surface area contributed by atoms with E-state index >= 15 is 0 Å². The Kier molecular flexibility index (Phi) is 7.93. The van der Waals surface area contributed by atoms with Crippen molar-refractivity contribution in [3.63, 3.8) is 0 Å². The summed E-state index contributed by atoms with van der Waals surface area (Å²) in [5, 5.41) is 13.5. The molecule has 2 heterocycles. The number of fused-ring (bicyclic) bond motifs is 1. The van der Waals surface area contributed by atoms with Crippen LogP contribution >= 0.6 is 11.3 Å². The number of nitrogens with one attached hydrogen (secondary N) is 1. The SMILES string of the molecule is CN(C)Cc1ncc([C@@]23CC[C@@H](N(CCCN4CC[C@@H](O)C4)C(=O)Nc4ccc(F)c(C(F)(F)F)c4)[C@@H]2C3)s1. The summed E-state index contributed by atoms with van der Waals surface area (Å²) in [5.74, 6) is -1.11. The maximum absolute atomic E-state index is 13.8. The number of aliphatic hydroxyl groups excluding tert-OH is 1. The first kappa shape index (κ1) is 28.3. The first-order chi connectivity index (χ1) is 18.5. The number of β-amino-alcohol motifs (C(OH)–C–C–N with tert-alkyl or cyclic N) is 1. The number of likely N-dealkylation sites (tertiary alicyclic amines) is 1. The number of benzene rings is 1. The van der Waals surface area contributed by atoms with Crippen LogP contribution in [-0.2, 0) is 18.1 Å². The van der Waals surface area contributed by atoms with E-state index in [1.165, 1.54) is 4.88 Å². The van der Waals surface area contributed by atoms with Crippen LogP contribution in [0.3, 0.4) is 0 Å². The number of nitrogens with zero attached hydrogens (tertiary/aromatic N) is 4. The molecule has 214 valence electrons. The van der Waals surface area contributed by atoms with Crippen LogP contribution in [0.1, 0.15) is 47.6 Å². The third-order valence-electron chi connectivity index (χ3n) is 8.29. The second-order valence-electron chi connectivity index (χ2n) is 11.3. The van der Waals surface area contributed by atoms with Crippen LogP contribution in [0.25, 0.3) is 0 Å². The van der Waals surface area contributed by atoms with Crippen LogP contribution in [0.4, 0.5) is 28.0 Å². The number of hydrogen-bond acceptors (Lipinski definition) is 6. The van der Waals surface area contributed by atoms with Gasteiger partial charge in [-0.15, -0.1) is 11.3 Å². The minimum Gasteiger partial charge on any atom is -0.392 e. The summed E-state index contributed by atoms with van der Waals surface area (Å²) in [6.45, 7) is 3.35. The molecule has 3 fully saturated rings. The second kappa shape index (κ2) is 10.9. The van der Waals surface area contributed by atoms with Crippen molar-refractivity contribution in [3.05, 3.63) is 45.7 Å². The summed E-state index contributed by atoms with van der Waals surface area (Å²) in [4.78, 5) is 25.4. The van der Waals surface area contributed by atoms with E-state index in [0.29, 0.717) is 25.6 Å². The van der Waals surface area contributed by atoms with Crippen molar-refractivity contribution in [2.24, 2.45) is 5.92 Å². The number of hydrogen-bond donors (Lipinski definition) is 2. The van der Waals surface area contributed by atoms with Crippen molar-refractivity contribution in [2.75, 3.05) is 45.6 Å². The molecule has 2 saturated carbocycles. The van der Waals surface area contributed by atoms with Gasteiger partial charge in [-0.1, -0.05) is 0 Å². The lowest BCUT2D eigenvalue weighted by Crippen LogP contribution is -2.44. The van der Waals surface area contributed by atoms with Gasteiger partial charge in [-0.3, -0.25) is 0 Å². The van der Waals surface area contributed by atoms with Gasteiger partial charge in [-0.25, -0.2) is 14.2 Å². The van der Waals surface area contributed by atoms with Crippen molar-refractivity contribution < 1.29 is 27.5 Å². The molecule has 1 aliphatic heterocycles. The van der Waals surface area contributed by atoms with Crippen molar-refractivity contribution in [1.82, 2.24) is 19.7 Å². The highest BCUT2D eigenvalue weighted by Gasteiger charge is 2.65. The van der Waals surface area contributed by atoms with E-state index in [1.54, 1.807) is 16.2 Å². The van der Waals surface area contributed by atoms with Crippen LogP contribution in [0.5, 0.6) is 0 Å². The Morgan fingerprint density at radius 2 is 2.10 bits per heavy atom. The first-order valence-electron chi connectivity index (χ1n) is 13.4. The zero-order valence-corrected chi connectivity index (χ0v) is 23.0. The molecule has 2 aromatic rings. The van der Waals surface area contributed by atoms with Crippen molar-refractivity contribution in [3.8, 4) is 0 Å². The molecule has 12 heteroatoms. The van der Waals surface area contributed by atoms with E-state index in [9.17, 15) is 27.5 Å². The molecular weight excluding hydrogens is 534 g/mol. The second-order valence-corrected chi connectivity index (χ2v) is 12.5. The number of urea groups is 1. The Hall–Kier alpha value is -2.28. The zero-order chi connectivity index (χ0) is 27.9. The summed E-state index contributed by atoms with van der Waals surface area (Å²) in [6.07, 6.45) is 0.884. The quantitative estimate of drug-likeness (QED) is 0.426. The molecule has 3 aliphatic rings. The maximum atomic E-state index is 13.8. The minimum atomic E-state index is -4.86. The third-order valence-corrected chi connectivity index (χ3v) is 9.49. The summed E-state index contributed by atoms with van der Waals surface area (Å²) in [5.41, 5.74) is -1.48. The fraction of sp³-hybridized carbons (Fsp3) is 0.630.